The van der Waals surface area contributed by atoms with E-state index in [0.717, 1.165) is 44.6 Å². The Morgan fingerprint density at radius 1 is 1.24 bits per heavy atom. The first-order valence-electron chi connectivity index (χ1n) is 7.90. The minimum absolute atomic E-state index is 0.825. The molecule has 1 aromatic heterocycles. The number of benzene rings is 1. The molecule has 1 aromatic carbocycles. The van der Waals surface area contributed by atoms with Crippen molar-refractivity contribution in [3.8, 4) is 0 Å². The quantitative estimate of drug-likeness (QED) is 0.936. The average Bonchev–Trinajstić information content (AvgIpc) is 2.47. The van der Waals surface area contributed by atoms with Gasteiger partial charge in [-0.1, -0.05) is 43.2 Å². The molecule has 0 aliphatic carbocycles. The molecule has 1 aliphatic rings. The second-order valence-electron chi connectivity index (χ2n) is 5.85. The fourth-order valence-electron chi connectivity index (χ4n) is 3.02. The van der Waals surface area contributed by atoms with Gasteiger partial charge in [-0.25, -0.2) is 9.97 Å². The van der Waals surface area contributed by atoms with Crippen molar-refractivity contribution in [2.24, 2.45) is 0 Å². The summed E-state index contributed by atoms with van der Waals surface area (Å²) in [7, 11) is 0. The van der Waals surface area contributed by atoms with Gasteiger partial charge in [0, 0.05) is 18.7 Å². The van der Waals surface area contributed by atoms with Gasteiger partial charge in [-0.3, -0.25) is 0 Å². The standard InChI is InChI=1S/C18H23N3/c1-3-5-16-15-8-9-19-12-17(15)21-18(20-16)11-14-7-4-6-13(2)10-14/h4,6-7,10,19H,3,5,8-9,11-12H2,1-2H3. The lowest BCUT2D eigenvalue weighted by Crippen LogP contribution is -2.27. The molecule has 3 rings (SSSR count). The molecule has 0 bridgehead atoms. The maximum absolute atomic E-state index is 4.86. The Balaban J connectivity index is 1.93. The monoisotopic (exact) mass is 281 g/mol. The molecule has 1 N–H and O–H groups in total. The number of aromatic nitrogens is 2. The lowest BCUT2D eigenvalue weighted by atomic mass is 10.0. The Hall–Kier alpha value is -1.74. The Bertz CT molecular complexity index is 634. The number of nitrogens with one attached hydrogen (secondary N) is 1. The summed E-state index contributed by atoms with van der Waals surface area (Å²) >= 11 is 0. The summed E-state index contributed by atoms with van der Waals surface area (Å²) in [5, 5.41) is 3.42. The van der Waals surface area contributed by atoms with Gasteiger partial charge in [0.1, 0.15) is 5.82 Å². The highest BCUT2D eigenvalue weighted by Gasteiger charge is 2.17. The zero-order chi connectivity index (χ0) is 14.7. The Morgan fingerprint density at radius 2 is 2.14 bits per heavy atom. The number of hydrogen-bond donors (Lipinski definition) is 1. The predicted octanol–water partition coefficient (Wildman–Crippen LogP) is 2.97. The first-order chi connectivity index (χ1) is 10.3. The van der Waals surface area contributed by atoms with Gasteiger partial charge in [-0.2, -0.15) is 0 Å². The van der Waals surface area contributed by atoms with Gasteiger partial charge >= 0.3 is 0 Å². The van der Waals surface area contributed by atoms with Crippen LogP contribution < -0.4 is 5.32 Å². The van der Waals surface area contributed by atoms with Crippen molar-refractivity contribution in [3.63, 3.8) is 0 Å². The van der Waals surface area contributed by atoms with Gasteiger partial charge in [0.25, 0.3) is 0 Å². The first-order valence-corrected chi connectivity index (χ1v) is 7.90. The molecule has 0 fully saturated rings. The van der Waals surface area contributed by atoms with Crippen molar-refractivity contribution >= 4 is 0 Å². The van der Waals surface area contributed by atoms with E-state index in [0.29, 0.717) is 0 Å². The molecule has 3 nitrogen and oxygen atoms in total. The van der Waals surface area contributed by atoms with Crippen LogP contribution in [0.4, 0.5) is 0 Å². The molecule has 2 aromatic rings. The van der Waals surface area contributed by atoms with Crippen molar-refractivity contribution < 1.29 is 0 Å². The van der Waals surface area contributed by atoms with Gasteiger partial charge in [-0.15, -0.1) is 0 Å². The second-order valence-corrected chi connectivity index (χ2v) is 5.85. The van der Waals surface area contributed by atoms with Crippen molar-refractivity contribution in [2.75, 3.05) is 6.54 Å². The number of fused-ring (bicyclic) bond motifs is 1. The highest BCUT2D eigenvalue weighted by Crippen LogP contribution is 2.19. The van der Waals surface area contributed by atoms with Gasteiger partial charge in [0.2, 0.25) is 0 Å². The minimum atomic E-state index is 0.825. The van der Waals surface area contributed by atoms with Crippen LogP contribution in [0.2, 0.25) is 0 Å². The molecule has 0 saturated carbocycles. The third-order valence-corrected chi connectivity index (χ3v) is 4.00. The topological polar surface area (TPSA) is 37.8 Å². The van der Waals surface area contributed by atoms with Crippen molar-refractivity contribution in [3.05, 3.63) is 58.2 Å². The zero-order valence-electron chi connectivity index (χ0n) is 12.9. The summed E-state index contributed by atoms with van der Waals surface area (Å²) < 4.78 is 0. The summed E-state index contributed by atoms with van der Waals surface area (Å²) in [5.74, 6) is 0.964. The summed E-state index contributed by atoms with van der Waals surface area (Å²) in [6, 6.07) is 8.62. The fourth-order valence-corrected chi connectivity index (χ4v) is 3.02. The maximum atomic E-state index is 4.86. The molecule has 0 spiro atoms. The largest absolute Gasteiger partial charge is 0.311 e. The van der Waals surface area contributed by atoms with Crippen molar-refractivity contribution in [2.45, 2.75) is 46.1 Å². The highest BCUT2D eigenvalue weighted by molar-refractivity contribution is 5.31. The van der Waals surface area contributed by atoms with Crippen LogP contribution in [0.3, 0.4) is 0 Å². The van der Waals surface area contributed by atoms with Crippen LogP contribution in [-0.2, 0) is 25.8 Å². The predicted molar refractivity (Wildman–Crippen MR) is 85.4 cm³/mol. The van der Waals surface area contributed by atoms with Gasteiger partial charge in [-0.05, 0) is 37.4 Å². The molecule has 3 heteroatoms. The van der Waals surface area contributed by atoms with Crippen LogP contribution in [0.25, 0.3) is 0 Å². The fraction of sp³-hybridized carbons (Fsp3) is 0.444. The van der Waals surface area contributed by atoms with Crippen LogP contribution in [0.1, 0.15) is 47.2 Å². The average molecular weight is 281 g/mol. The van der Waals surface area contributed by atoms with E-state index in [1.165, 1.54) is 28.1 Å². The highest BCUT2D eigenvalue weighted by atomic mass is 15.0. The van der Waals surface area contributed by atoms with E-state index in [1.807, 2.05) is 0 Å². The van der Waals surface area contributed by atoms with E-state index >= 15 is 0 Å². The van der Waals surface area contributed by atoms with Crippen LogP contribution in [-0.4, -0.2) is 16.5 Å². The first kappa shape index (κ1) is 14.2. The lowest BCUT2D eigenvalue weighted by molar-refractivity contribution is 0.607. The normalized spacial score (nSPS) is 14.0. The summed E-state index contributed by atoms with van der Waals surface area (Å²) in [4.78, 5) is 9.67. The molecule has 21 heavy (non-hydrogen) atoms. The molecule has 1 aliphatic heterocycles. The third kappa shape index (κ3) is 3.30. The lowest BCUT2D eigenvalue weighted by Gasteiger charge is -2.20. The molecule has 0 saturated heterocycles. The van der Waals surface area contributed by atoms with E-state index < -0.39 is 0 Å². The molecule has 0 unspecified atom stereocenters. The van der Waals surface area contributed by atoms with Crippen molar-refractivity contribution in [1.82, 2.24) is 15.3 Å². The van der Waals surface area contributed by atoms with E-state index in [-0.39, 0.29) is 0 Å². The molecule has 0 radical (unpaired) electrons. The summed E-state index contributed by atoms with van der Waals surface area (Å²) in [5.41, 5.74) is 6.46. The summed E-state index contributed by atoms with van der Waals surface area (Å²) in [6.07, 6.45) is 4.09. The number of nitrogens with zero attached hydrogens (tertiary/aromatic N) is 2. The van der Waals surface area contributed by atoms with Crippen LogP contribution in [0.15, 0.2) is 24.3 Å². The second kappa shape index (κ2) is 6.35. The Morgan fingerprint density at radius 3 is 2.95 bits per heavy atom. The molecule has 110 valence electrons. The molecule has 2 heterocycles. The Labute approximate surface area is 126 Å². The van der Waals surface area contributed by atoms with E-state index in [4.69, 9.17) is 9.97 Å². The van der Waals surface area contributed by atoms with Crippen LogP contribution >= 0.6 is 0 Å². The smallest absolute Gasteiger partial charge is 0.133 e. The van der Waals surface area contributed by atoms with Crippen LogP contribution in [0, 0.1) is 6.92 Å². The molecular weight excluding hydrogens is 258 g/mol. The Kier molecular flexibility index (Phi) is 4.30. The van der Waals surface area contributed by atoms with Crippen molar-refractivity contribution in [1.29, 1.82) is 0 Å². The zero-order valence-corrected chi connectivity index (χ0v) is 12.9. The third-order valence-electron chi connectivity index (χ3n) is 4.00. The molecular formula is C18H23N3. The number of hydrogen-bond acceptors (Lipinski definition) is 3. The van der Waals surface area contributed by atoms with Crippen LogP contribution in [0.5, 0.6) is 0 Å². The minimum Gasteiger partial charge on any atom is -0.311 e. The SMILES string of the molecule is CCCc1nc(Cc2cccc(C)c2)nc2c1CCNC2. The molecule has 0 atom stereocenters. The van der Waals surface area contributed by atoms with Gasteiger partial charge in [0.15, 0.2) is 0 Å². The van der Waals surface area contributed by atoms with E-state index in [1.54, 1.807) is 0 Å². The van der Waals surface area contributed by atoms with E-state index in [2.05, 4.69) is 43.4 Å². The van der Waals surface area contributed by atoms with E-state index in [9.17, 15) is 0 Å². The molecule has 0 amide bonds. The maximum Gasteiger partial charge on any atom is 0.133 e. The van der Waals surface area contributed by atoms with Gasteiger partial charge in [0.05, 0.1) is 5.69 Å². The number of rotatable bonds is 4. The summed E-state index contributed by atoms with van der Waals surface area (Å²) in [6.45, 7) is 6.28. The number of aryl methyl sites for hydroxylation is 2. The van der Waals surface area contributed by atoms with Gasteiger partial charge < -0.3 is 5.32 Å².